The van der Waals surface area contributed by atoms with Gasteiger partial charge in [0.1, 0.15) is 24.7 Å². The van der Waals surface area contributed by atoms with Crippen molar-refractivity contribution in [2.75, 3.05) is 0 Å². The summed E-state index contributed by atoms with van der Waals surface area (Å²) in [6, 6.07) is 43.0. The van der Waals surface area contributed by atoms with Gasteiger partial charge in [-0.15, -0.1) is 0 Å². The highest BCUT2D eigenvalue weighted by Gasteiger charge is 2.13. The van der Waals surface area contributed by atoms with Crippen LogP contribution in [0.15, 0.2) is 121 Å². The van der Waals surface area contributed by atoms with Crippen LogP contribution >= 0.6 is 0 Å². The Kier molecular flexibility index (Phi) is 6.09. The second kappa shape index (κ2) is 10.1. The van der Waals surface area contributed by atoms with E-state index in [0.29, 0.717) is 13.2 Å². The maximum absolute atomic E-state index is 6.37. The van der Waals surface area contributed by atoms with Gasteiger partial charge in [0, 0.05) is 0 Å². The molecule has 0 spiro atoms. The fraction of sp³-hybridized carbons (Fsp3) is 0.105. The lowest BCUT2D eigenvalue weighted by molar-refractivity contribution is 0.304. The number of rotatable bonds is 6. The molecule has 0 fully saturated rings. The van der Waals surface area contributed by atoms with Gasteiger partial charge in [-0.3, -0.25) is 0 Å². The Morgan fingerprint density at radius 2 is 0.800 bits per heavy atom. The first kappa shape index (κ1) is 24.2. The summed E-state index contributed by atoms with van der Waals surface area (Å²) in [5.41, 5.74) is 4.60. The van der Waals surface area contributed by atoms with Crippen LogP contribution in [0, 0.1) is 13.8 Å². The van der Waals surface area contributed by atoms with E-state index in [4.69, 9.17) is 9.47 Å². The third-order valence-corrected chi connectivity index (χ3v) is 7.86. The minimum atomic E-state index is 0.545. The quantitative estimate of drug-likeness (QED) is 0.204. The zero-order valence-corrected chi connectivity index (χ0v) is 22.8. The molecule has 0 aromatic heterocycles. The molecule has 0 aliphatic heterocycles. The first-order valence-corrected chi connectivity index (χ1v) is 13.8. The van der Waals surface area contributed by atoms with Gasteiger partial charge < -0.3 is 9.47 Å². The predicted octanol–water partition coefficient (Wildman–Crippen LogP) is 10.1. The second-order valence-electron chi connectivity index (χ2n) is 10.6. The van der Waals surface area contributed by atoms with Crippen LogP contribution in [0.4, 0.5) is 0 Å². The maximum Gasteiger partial charge on any atom is 0.123 e. The van der Waals surface area contributed by atoms with Gasteiger partial charge in [0.25, 0.3) is 0 Å². The monoisotopic (exact) mass is 518 g/mol. The van der Waals surface area contributed by atoms with Crippen molar-refractivity contribution in [2.45, 2.75) is 27.1 Å². The molecule has 0 aliphatic rings. The molecule has 7 rings (SSSR count). The van der Waals surface area contributed by atoms with Gasteiger partial charge in [-0.25, -0.2) is 0 Å². The molecule has 194 valence electrons. The number of hydrogen-bond donors (Lipinski definition) is 0. The third-order valence-electron chi connectivity index (χ3n) is 7.86. The zero-order valence-electron chi connectivity index (χ0n) is 22.8. The summed E-state index contributed by atoms with van der Waals surface area (Å²) in [6.45, 7) is 5.34. The van der Waals surface area contributed by atoms with Crippen molar-refractivity contribution in [3.8, 4) is 11.5 Å². The number of fused-ring (bicyclic) bond motifs is 7. The van der Waals surface area contributed by atoms with Crippen molar-refractivity contribution in [1.29, 1.82) is 0 Å². The van der Waals surface area contributed by atoms with Gasteiger partial charge in [0.05, 0.1) is 0 Å². The predicted molar refractivity (Wildman–Crippen MR) is 167 cm³/mol. The zero-order chi connectivity index (χ0) is 27.1. The largest absolute Gasteiger partial charge is 0.489 e. The SMILES string of the molecule is Cc1cc2ccc3ccc4ccc5cc(C)c(OCc6ccccc6)cc5c4c3c2cc1OCc1ccccc1. The Balaban J connectivity index is 1.41. The smallest absolute Gasteiger partial charge is 0.123 e. The molecule has 0 amide bonds. The summed E-state index contributed by atoms with van der Waals surface area (Å²) in [5.74, 6) is 1.84. The van der Waals surface area contributed by atoms with Gasteiger partial charge >= 0.3 is 0 Å². The summed E-state index contributed by atoms with van der Waals surface area (Å²) >= 11 is 0. The Hall–Kier alpha value is -4.82. The van der Waals surface area contributed by atoms with Crippen molar-refractivity contribution >= 4 is 43.1 Å². The van der Waals surface area contributed by atoms with Crippen LogP contribution in [-0.2, 0) is 13.2 Å². The molecule has 0 heterocycles. The number of aryl methyl sites for hydroxylation is 2. The molecule has 0 saturated carbocycles. The molecular weight excluding hydrogens is 488 g/mol. The highest BCUT2D eigenvalue weighted by atomic mass is 16.5. The topological polar surface area (TPSA) is 18.5 Å². The Labute approximate surface area is 234 Å². The van der Waals surface area contributed by atoms with Crippen molar-refractivity contribution in [2.24, 2.45) is 0 Å². The second-order valence-corrected chi connectivity index (χ2v) is 10.6. The lowest BCUT2D eigenvalue weighted by Gasteiger charge is -2.16. The molecule has 0 atom stereocenters. The Bertz CT molecular complexity index is 1860. The van der Waals surface area contributed by atoms with Crippen molar-refractivity contribution < 1.29 is 9.47 Å². The van der Waals surface area contributed by atoms with E-state index < -0.39 is 0 Å². The van der Waals surface area contributed by atoms with Gasteiger partial charge in [0.2, 0.25) is 0 Å². The molecule has 0 radical (unpaired) electrons. The molecule has 40 heavy (non-hydrogen) atoms. The van der Waals surface area contributed by atoms with E-state index in [1.807, 2.05) is 12.1 Å². The van der Waals surface area contributed by atoms with Gasteiger partial charge in [-0.2, -0.15) is 0 Å². The lowest BCUT2D eigenvalue weighted by atomic mass is 9.91. The summed E-state index contributed by atoms with van der Waals surface area (Å²) in [4.78, 5) is 0. The van der Waals surface area contributed by atoms with Gasteiger partial charge in [-0.1, -0.05) is 97.1 Å². The van der Waals surface area contributed by atoms with Crippen LogP contribution in [0.2, 0.25) is 0 Å². The average Bonchev–Trinajstić information content (AvgIpc) is 2.99. The van der Waals surface area contributed by atoms with Gasteiger partial charge in [-0.05, 0) is 103 Å². The van der Waals surface area contributed by atoms with E-state index in [1.165, 1.54) is 43.1 Å². The first-order valence-electron chi connectivity index (χ1n) is 13.8. The lowest BCUT2D eigenvalue weighted by Crippen LogP contribution is -1.97. The standard InChI is InChI=1S/C38H30O2/c1-25-19-31-17-15-29-13-14-30-16-18-32-20-26(2)36(40-24-28-11-7-4-8-12-28)22-34(32)38(30)37(29)33(31)21-35(25)39-23-27-9-5-3-6-10-27/h3-22H,23-24H2,1-2H3. The molecule has 0 bridgehead atoms. The highest BCUT2D eigenvalue weighted by Crippen LogP contribution is 2.40. The van der Waals surface area contributed by atoms with Crippen LogP contribution in [-0.4, -0.2) is 0 Å². The number of ether oxygens (including phenoxy) is 2. The molecule has 0 unspecified atom stereocenters. The third kappa shape index (κ3) is 4.42. The molecule has 0 saturated heterocycles. The molecule has 7 aromatic rings. The number of hydrogen-bond acceptors (Lipinski definition) is 2. The summed E-state index contributed by atoms with van der Waals surface area (Å²) < 4.78 is 12.7. The van der Waals surface area contributed by atoms with Crippen LogP contribution in [0.5, 0.6) is 11.5 Å². The Morgan fingerprint density at radius 1 is 0.425 bits per heavy atom. The van der Waals surface area contributed by atoms with Gasteiger partial charge in [0.15, 0.2) is 0 Å². The summed E-state index contributed by atoms with van der Waals surface area (Å²) in [6.07, 6.45) is 0. The van der Waals surface area contributed by atoms with Crippen molar-refractivity contribution in [3.05, 3.63) is 144 Å². The van der Waals surface area contributed by atoms with Crippen molar-refractivity contribution in [1.82, 2.24) is 0 Å². The molecule has 7 aromatic carbocycles. The summed E-state index contributed by atoms with van der Waals surface area (Å²) in [7, 11) is 0. The molecular formula is C38H30O2. The Morgan fingerprint density at radius 3 is 1.20 bits per heavy atom. The van der Waals surface area contributed by atoms with Crippen LogP contribution < -0.4 is 9.47 Å². The van der Waals surface area contributed by atoms with Crippen LogP contribution in [0.1, 0.15) is 22.3 Å². The first-order chi connectivity index (χ1) is 19.6. The maximum atomic E-state index is 6.37. The minimum absolute atomic E-state index is 0.545. The minimum Gasteiger partial charge on any atom is -0.489 e. The van der Waals surface area contributed by atoms with Crippen molar-refractivity contribution in [3.63, 3.8) is 0 Å². The van der Waals surface area contributed by atoms with E-state index >= 15 is 0 Å². The molecule has 2 nitrogen and oxygen atoms in total. The van der Waals surface area contributed by atoms with Crippen LogP contribution in [0.25, 0.3) is 43.1 Å². The van der Waals surface area contributed by atoms with Crippen LogP contribution in [0.3, 0.4) is 0 Å². The van der Waals surface area contributed by atoms with E-state index in [0.717, 1.165) is 33.8 Å². The molecule has 2 heteroatoms. The van der Waals surface area contributed by atoms with E-state index in [9.17, 15) is 0 Å². The van der Waals surface area contributed by atoms with E-state index in [2.05, 4.69) is 123 Å². The van der Waals surface area contributed by atoms with E-state index in [1.54, 1.807) is 0 Å². The average molecular weight is 519 g/mol. The highest BCUT2D eigenvalue weighted by molar-refractivity contribution is 6.27. The normalized spacial score (nSPS) is 11.4. The van der Waals surface area contributed by atoms with E-state index in [-0.39, 0.29) is 0 Å². The molecule has 0 N–H and O–H groups in total. The fourth-order valence-corrected chi connectivity index (χ4v) is 5.76. The summed E-state index contributed by atoms with van der Waals surface area (Å²) in [5, 5.41) is 9.79. The number of benzene rings is 7. The molecule has 0 aliphatic carbocycles. The fourth-order valence-electron chi connectivity index (χ4n) is 5.76.